The minimum absolute atomic E-state index is 0.0740. The number of rotatable bonds is 3. The first-order valence-electron chi connectivity index (χ1n) is 8.54. The van der Waals surface area contributed by atoms with Gasteiger partial charge >= 0.3 is 0 Å². The van der Waals surface area contributed by atoms with Crippen LogP contribution in [-0.2, 0) is 4.79 Å². The Morgan fingerprint density at radius 3 is 2.74 bits per heavy atom. The van der Waals surface area contributed by atoms with Crippen molar-refractivity contribution in [1.29, 1.82) is 5.26 Å². The predicted molar refractivity (Wildman–Crippen MR) is 106 cm³/mol. The van der Waals surface area contributed by atoms with Crippen molar-refractivity contribution in [3.63, 3.8) is 0 Å². The quantitative estimate of drug-likeness (QED) is 0.794. The van der Waals surface area contributed by atoms with E-state index >= 15 is 0 Å². The summed E-state index contributed by atoms with van der Waals surface area (Å²) in [6.07, 6.45) is 3.90. The van der Waals surface area contributed by atoms with Gasteiger partial charge in [0.15, 0.2) is 10.1 Å². The highest BCUT2D eigenvalue weighted by molar-refractivity contribution is 8.00. The summed E-state index contributed by atoms with van der Waals surface area (Å²) in [5, 5.41) is 18.9. The molecule has 0 bridgehead atoms. The molecule has 27 heavy (non-hydrogen) atoms. The highest BCUT2D eigenvalue weighted by atomic mass is 32.2. The zero-order chi connectivity index (χ0) is 19.0. The Morgan fingerprint density at radius 1 is 1.30 bits per heavy atom. The smallest absolute Gasteiger partial charge is 0.219 e. The number of anilines is 1. The van der Waals surface area contributed by atoms with Crippen molar-refractivity contribution in [2.24, 2.45) is 5.73 Å². The number of nitrogens with two attached hydrogens (primary N) is 1. The number of aromatic nitrogens is 2. The van der Waals surface area contributed by atoms with Gasteiger partial charge in [-0.2, -0.15) is 5.26 Å². The molecule has 0 radical (unpaired) electrons. The number of hydrogen-bond acceptors (Lipinski definition) is 8. The Bertz CT molecular complexity index is 1000. The van der Waals surface area contributed by atoms with Crippen LogP contribution in [0.1, 0.15) is 30.7 Å². The number of benzene rings is 1. The Labute approximate surface area is 165 Å². The minimum Gasteiger partial charge on any atom is -0.384 e. The molecule has 6 nitrogen and oxygen atoms in total. The van der Waals surface area contributed by atoms with Gasteiger partial charge in [0.05, 0.1) is 17.6 Å². The molecule has 4 rings (SSSR count). The fraction of sp³-hybridized carbons (Fsp3) is 0.263. The number of Topliss-reactive ketones (excluding diaryl/α,β-unsaturated/α-hetero) is 1. The molecule has 0 fully saturated rings. The average Bonchev–Trinajstić information content (AvgIpc) is 3.16. The van der Waals surface area contributed by atoms with E-state index in [-0.39, 0.29) is 5.78 Å². The van der Waals surface area contributed by atoms with Crippen molar-refractivity contribution in [3.05, 3.63) is 58.6 Å². The molecule has 0 amide bonds. The van der Waals surface area contributed by atoms with Crippen molar-refractivity contribution in [2.45, 2.75) is 29.5 Å². The number of ketones is 1. The molecule has 1 aliphatic carbocycles. The van der Waals surface area contributed by atoms with Crippen LogP contribution in [0.3, 0.4) is 0 Å². The summed E-state index contributed by atoms with van der Waals surface area (Å²) < 4.78 is 0.811. The maximum atomic E-state index is 12.9. The zero-order valence-corrected chi connectivity index (χ0v) is 16.3. The van der Waals surface area contributed by atoms with E-state index in [1.807, 2.05) is 36.6 Å². The number of carbonyl (C=O) groups excluding carboxylic acids is 1. The summed E-state index contributed by atoms with van der Waals surface area (Å²) in [4.78, 5) is 14.7. The van der Waals surface area contributed by atoms with E-state index in [1.165, 1.54) is 23.1 Å². The van der Waals surface area contributed by atoms with Crippen molar-refractivity contribution >= 4 is 34.0 Å². The summed E-state index contributed by atoms with van der Waals surface area (Å²) in [6.45, 7) is 0. The van der Waals surface area contributed by atoms with E-state index in [1.54, 1.807) is 4.90 Å². The average molecular weight is 396 g/mol. The van der Waals surface area contributed by atoms with Crippen LogP contribution >= 0.6 is 23.1 Å². The van der Waals surface area contributed by atoms with Crippen LogP contribution < -0.4 is 10.6 Å². The molecule has 0 saturated carbocycles. The Kier molecular flexibility index (Phi) is 4.72. The van der Waals surface area contributed by atoms with Gasteiger partial charge in [-0.15, -0.1) is 10.2 Å². The van der Waals surface area contributed by atoms with Crippen LogP contribution in [-0.4, -0.2) is 22.2 Å². The molecule has 8 heteroatoms. The van der Waals surface area contributed by atoms with Gasteiger partial charge in [-0.1, -0.05) is 53.4 Å². The number of hydrogen-bond donors (Lipinski definition) is 1. The largest absolute Gasteiger partial charge is 0.384 e. The third-order valence-electron chi connectivity index (χ3n) is 4.81. The molecule has 1 aromatic carbocycles. The predicted octanol–water partition coefficient (Wildman–Crippen LogP) is 3.56. The summed E-state index contributed by atoms with van der Waals surface area (Å²) in [7, 11) is 0. The van der Waals surface area contributed by atoms with Crippen LogP contribution in [0.15, 0.2) is 57.3 Å². The first-order chi connectivity index (χ1) is 13.2. The van der Waals surface area contributed by atoms with Crippen molar-refractivity contribution < 1.29 is 4.79 Å². The number of nitriles is 1. The highest BCUT2D eigenvalue weighted by Gasteiger charge is 2.41. The molecule has 136 valence electrons. The highest BCUT2D eigenvalue weighted by Crippen LogP contribution is 2.46. The SMILES string of the molecule is CSc1nnc(N2C(N)=C(C#N)C(c3ccccc3)C3=C2CCCC3=O)s1. The molecule has 2 aromatic rings. The van der Waals surface area contributed by atoms with Gasteiger partial charge in [-0.05, 0) is 24.7 Å². The van der Waals surface area contributed by atoms with E-state index in [9.17, 15) is 10.1 Å². The fourth-order valence-corrected chi connectivity index (χ4v) is 4.96. The van der Waals surface area contributed by atoms with Gasteiger partial charge in [0.2, 0.25) is 5.13 Å². The molecule has 1 aromatic heterocycles. The second-order valence-electron chi connectivity index (χ2n) is 6.28. The summed E-state index contributed by atoms with van der Waals surface area (Å²) >= 11 is 2.91. The minimum atomic E-state index is -0.428. The first kappa shape index (κ1) is 17.8. The third kappa shape index (κ3) is 2.93. The van der Waals surface area contributed by atoms with Gasteiger partial charge in [0.25, 0.3) is 0 Å². The molecule has 0 saturated heterocycles. The normalized spacial score (nSPS) is 19.9. The molecule has 0 spiro atoms. The molecule has 2 N–H and O–H groups in total. The van der Waals surface area contributed by atoms with Crippen molar-refractivity contribution in [2.75, 3.05) is 11.2 Å². The zero-order valence-electron chi connectivity index (χ0n) is 14.7. The second-order valence-corrected chi connectivity index (χ2v) is 8.29. The first-order valence-corrected chi connectivity index (χ1v) is 10.6. The summed E-state index contributed by atoms with van der Waals surface area (Å²) in [5.74, 6) is -0.0169. The van der Waals surface area contributed by atoms with Crippen molar-refractivity contribution in [1.82, 2.24) is 10.2 Å². The van der Waals surface area contributed by atoms with Gasteiger partial charge in [-0.3, -0.25) is 9.69 Å². The third-order valence-corrected chi connectivity index (χ3v) is 6.69. The number of carbonyl (C=O) groups is 1. The Balaban J connectivity index is 1.95. The van der Waals surface area contributed by atoms with Crippen LogP contribution in [0.2, 0.25) is 0 Å². The lowest BCUT2D eigenvalue weighted by molar-refractivity contribution is -0.116. The van der Waals surface area contributed by atoms with E-state index in [2.05, 4.69) is 16.3 Å². The van der Waals surface area contributed by atoms with Gasteiger partial charge in [0, 0.05) is 17.7 Å². The molecule has 1 unspecified atom stereocenters. The van der Waals surface area contributed by atoms with Crippen LogP contribution in [0.4, 0.5) is 5.13 Å². The molecule has 1 atom stereocenters. The van der Waals surface area contributed by atoms with Crippen LogP contribution in [0, 0.1) is 11.3 Å². The molecule has 2 heterocycles. The summed E-state index contributed by atoms with van der Waals surface area (Å²) in [6, 6.07) is 11.9. The Morgan fingerprint density at radius 2 is 2.07 bits per heavy atom. The molecular weight excluding hydrogens is 378 g/mol. The maximum Gasteiger partial charge on any atom is 0.219 e. The maximum absolute atomic E-state index is 12.9. The van der Waals surface area contributed by atoms with E-state index in [4.69, 9.17) is 5.73 Å². The number of allylic oxidation sites excluding steroid dienone is 3. The lowest BCUT2D eigenvalue weighted by Gasteiger charge is -2.38. The van der Waals surface area contributed by atoms with Gasteiger partial charge in [-0.25, -0.2) is 0 Å². The standard InChI is InChI=1S/C19H17N5OS2/c1-26-19-23-22-18(27-19)24-13-8-5-9-14(25)16(13)15(12(10-20)17(24)21)11-6-3-2-4-7-11/h2-4,6-7,15H,5,8-9,21H2,1H3. The lowest BCUT2D eigenvalue weighted by Crippen LogP contribution is -2.38. The summed E-state index contributed by atoms with van der Waals surface area (Å²) in [5.41, 5.74) is 9.27. The molecule has 2 aliphatic rings. The Hall–Kier alpha value is -2.63. The number of thioether (sulfide) groups is 1. The van der Waals surface area contributed by atoms with Crippen LogP contribution in [0.5, 0.6) is 0 Å². The fourth-order valence-electron chi connectivity index (χ4n) is 3.66. The topological polar surface area (TPSA) is 95.9 Å². The van der Waals surface area contributed by atoms with Crippen molar-refractivity contribution in [3.8, 4) is 6.07 Å². The lowest BCUT2D eigenvalue weighted by atomic mass is 9.76. The molecular formula is C19H17N5OS2. The van der Waals surface area contributed by atoms with E-state index < -0.39 is 5.92 Å². The van der Waals surface area contributed by atoms with Crippen LogP contribution in [0.25, 0.3) is 0 Å². The van der Waals surface area contributed by atoms with E-state index in [0.717, 1.165) is 28.4 Å². The monoisotopic (exact) mass is 395 g/mol. The van der Waals surface area contributed by atoms with E-state index in [0.29, 0.717) is 28.5 Å². The molecule has 1 aliphatic heterocycles. The van der Waals surface area contributed by atoms with Gasteiger partial charge < -0.3 is 5.73 Å². The van der Waals surface area contributed by atoms with Gasteiger partial charge in [0.1, 0.15) is 5.82 Å². The number of nitrogens with zero attached hydrogens (tertiary/aromatic N) is 4. The second kappa shape index (κ2) is 7.18.